The second kappa shape index (κ2) is 8.97. The molecular formula is C13H27N3S2. The van der Waals surface area contributed by atoms with Gasteiger partial charge in [0.25, 0.3) is 0 Å². The fraction of sp³-hybridized carbons (Fsp3) is 0.923. The zero-order chi connectivity index (χ0) is 13.4. The number of hydrogen-bond donors (Lipinski definition) is 1. The van der Waals surface area contributed by atoms with E-state index in [0.29, 0.717) is 0 Å². The normalized spacial score (nSPS) is 21.5. The Kier molecular flexibility index (Phi) is 7.98. The van der Waals surface area contributed by atoms with E-state index in [1.807, 2.05) is 18.8 Å². The van der Waals surface area contributed by atoms with E-state index in [4.69, 9.17) is 0 Å². The molecule has 3 nitrogen and oxygen atoms in total. The number of aliphatic imine (C=N–C) groups is 1. The van der Waals surface area contributed by atoms with E-state index < -0.39 is 0 Å². The van der Waals surface area contributed by atoms with E-state index in [1.165, 1.54) is 17.9 Å². The first kappa shape index (κ1) is 16.0. The molecule has 1 saturated heterocycles. The minimum Gasteiger partial charge on any atom is -0.356 e. The molecule has 18 heavy (non-hydrogen) atoms. The zero-order valence-electron chi connectivity index (χ0n) is 12.1. The van der Waals surface area contributed by atoms with Crippen molar-refractivity contribution in [3.63, 3.8) is 0 Å². The second-order valence-electron chi connectivity index (χ2n) is 4.92. The van der Waals surface area contributed by atoms with Crippen molar-refractivity contribution in [2.75, 3.05) is 44.4 Å². The monoisotopic (exact) mass is 289 g/mol. The molecule has 0 aromatic carbocycles. The summed E-state index contributed by atoms with van der Waals surface area (Å²) >= 11 is 4.01. The van der Waals surface area contributed by atoms with Crippen LogP contribution in [-0.4, -0.2) is 60.6 Å². The largest absolute Gasteiger partial charge is 0.356 e. The molecule has 1 heterocycles. The van der Waals surface area contributed by atoms with Gasteiger partial charge in [-0.1, -0.05) is 13.8 Å². The molecule has 1 fully saturated rings. The highest BCUT2D eigenvalue weighted by atomic mass is 32.2. The Balaban J connectivity index is 2.39. The maximum Gasteiger partial charge on any atom is 0.193 e. The molecular weight excluding hydrogens is 262 g/mol. The van der Waals surface area contributed by atoms with Crippen LogP contribution in [0.2, 0.25) is 0 Å². The van der Waals surface area contributed by atoms with Gasteiger partial charge in [-0.2, -0.15) is 23.5 Å². The van der Waals surface area contributed by atoms with E-state index in [2.05, 4.69) is 47.1 Å². The van der Waals surface area contributed by atoms with Crippen molar-refractivity contribution in [2.24, 2.45) is 10.9 Å². The van der Waals surface area contributed by atoms with Gasteiger partial charge < -0.3 is 10.2 Å². The summed E-state index contributed by atoms with van der Waals surface area (Å²) in [5.74, 6) is 4.26. The number of rotatable bonds is 5. The van der Waals surface area contributed by atoms with E-state index in [0.717, 1.165) is 36.8 Å². The maximum atomic E-state index is 4.42. The molecule has 0 aliphatic carbocycles. The third-order valence-corrected chi connectivity index (χ3v) is 5.39. The Labute approximate surface area is 121 Å². The van der Waals surface area contributed by atoms with Crippen LogP contribution in [0.5, 0.6) is 0 Å². The first-order chi connectivity index (χ1) is 8.69. The molecule has 5 heteroatoms. The Hall–Kier alpha value is -0.0300. The van der Waals surface area contributed by atoms with E-state index in [-0.39, 0.29) is 0 Å². The average molecular weight is 290 g/mol. The lowest BCUT2D eigenvalue weighted by Crippen LogP contribution is -2.49. The Morgan fingerprint density at radius 1 is 1.56 bits per heavy atom. The SMILES string of the molecule is CN=C(NCCCSC)N1CCSC(C(C)C)C1. The second-order valence-corrected chi connectivity index (χ2v) is 7.25. The summed E-state index contributed by atoms with van der Waals surface area (Å²) in [6, 6.07) is 0. The molecule has 1 N–H and O–H groups in total. The number of thioether (sulfide) groups is 2. The fourth-order valence-electron chi connectivity index (χ4n) is 2.02. The standard InChI is InChI=1S/C13H27N3S2/c1-11(2)12-10-16(7-9-18-12)13(14-3)15-6-5-8-17-4/h11-12H,5-10H2,1-4H3,(H,14,15). The van der Waals surface area contributed by atoms with Crippen LogP contribution in [-0.2, 0) is 0 Å². The predicted octanol–water partition coefficient (Wildman–Crippen LogP) is 2.39. The topological polar surface area (TPSA) is 27.6 Å². The number of nitrogens with zero attached hydrogens (tertiary/aromatic N) is 2. The molecule has 1 rings (SSSR count). The molecule has 0 amide bonds. The Bertz CT molecular complexity index is 257. The molecule has 0 spiro atoms. The molecule has 1 atom stereocenters. The third-order valence-electron chi connectivity index (χ3n) is 3.16. The number of guanidine groups is 1. The van der Waals surface area contributed by atoms with Crippen LogP contribution in [0.3, 0.4) is 0 Å². The molecule has 1 aliphatic heterocycles. The summed E-state index contributed by atoms with van der Waals surface area (Å²) in [4.78, 5) is 6.84. The molecule has 0 aromatic heterocycles. The maximum absolute atomic E-state index is 4.42. The smallest absolute Gasteiger partial charge is 0.193 e. The quantitative estimate of drug-likeness (QED) is 0.478. The van der Waals surface area contributed by atoms with Gasteiger partial charge in [0.1, 0.15) is 0 Å². The fourth-order valence-corrected chi connectivity index (χ4v) is 3.75. The highest BCUT2D eigenvalue weighted by molar-refractivity contribution is 8.00. The first-order valence-corrected chi connectivity index (χ1v) is 9.19. The van der Waals surface area contributed by atoms with E-state index in [1.54, 1.807) is 0 Å². The number of nitrogens with one attached hydrogen (secondary N) is 1. The van der Waals surface area contributed by atoms with Crippen molar-refractivity contribution in [1.29, 1.82) is 0 Å². The highest BCUT2D eigenvalue weighted by Gasteiger charge is 2.24. The Morgan fingerprint density at radius 2 is 2.33 bits per heavy atom. The summed E-state index contributed by atoms with van der Waals surface area (Å²) < 4.78 is 0. The van der Waals surface area contributed by atoms with Crippen LogP contribution in [0.1, 0.15) is 20.3 Å². The van der Waals surface area contributed by atoms with Crippen molar-refractivity contribution >= 4 is 29.5 Å². The third kappa shape index (κ3) is 5.31. The molecule has 0 aromatic rings. The Morgan fingerprint density at radius 3 is 2.94 bits per heavy atom. The van der Waals surface area contributed by atoms with Crippen LogP contribution in [0, 0.1) is 5.92 Å². The van der Waals surface area contributed by atoms with Gasteiger partial charge in [0.15, 0.2) is 5.96 Å². The average Bonchev–Trinajstić information content (AvgIpc) is 2.39. The van der Waals surface area contributed by atoms with Gasteiger partial charge in [-0.05, 0) is 24.3 Å². The molecule has 1 aliphatic rings. The van der Waals surface area contributed by atoms with E-state index >= 15 is 0 Å². The van der Waals surface area contributed by atoms with Gasteiger partial charge in [0.2, 0.25) is 0 Å². The minimum absolute atomic E-state index is 0.739. The highest BCUT2D eigenvalue weighted by Crippen LogP contribution is 2.24. The summed E-state index contributed by atoms with van der Waals surface area (Å²) in [5, 5.41) is 4.23. The molecule has 106 valence electrons. The molecule has 0 saturated carbocycles. The van der Waals surface area contributed by atoms with Crippen LogP contribution in [0.4, 0.5) is 0 Å². The van der Waals surface area contributed by atoms with Crippen LogP contribution in [0.25, 0.3) is 0 Å². The predicted molar refractivity (Wildman–Crippen MR) is 87.0 cm³/mol. The van der Waals surface area contributed by atoms with Gasteiger partial charge in [0.05, 0.1) is 0 Å². The van der Waals surface area contributed by atoms with Crippen molar-refractivity contribution < 1.29 is 0 Å². The summed E-state index contributed by atoms with van der Waals surface area (Å²) in [6.07, 6.45) is 3.36. The summed E-state index contributed by atoms with van der Waals surface area (Å²) in [5.41, 5.74) is 0. The van der Waals surface area contributed by atoms with Gasteiger partial charge in [-0.15, -0.1) is 0 Å². The van der Waals surface area contributed by atoms with Crippen molar-refractivity contribution in [1.82, 2.24) is 10.2 Å². The zero-order valence-corrected chi connectivity index (χ0v) is 13.7. The molecule has 1 unspecified atom stereocenters. The first-order valence-electron chi connectivity index (χ1n) is 6.75. The summed E-state index contributed by atoms with van der Waals surface area (Å²) in [7, 11) is 1.89. The van der Waals surface area contributed by atoms with Crippen LogP contribution in [0.15, 0.2) is 4.99 Å². The van der Waals surface area contributed by atoms with Crippen molar-refractivity contribution in [3.05, 3.63) is 0 Å². The van der Waals surface area contributed by atoms with Crippen molar-refractivity contribution in [3.8, 4) is 0 Å². The van der Waals surface area contributed by atoms with Crippen LogP contribution >= 0.6 is 23.5 Å². The lowest BCUT2D eigenvalue weighted by Gasteiger charge is -2.36. The van der Waals surface area contributed by atoms with E-state index in [9.17, 15) is 0 Å². The lowest BCUT2D eigenvalue weighted by atomic mass is 10.1. The lowest BCUT2D eigenvalue weighted by molar-refractivity contribution is 0.381. The molecule has 0 bridgehead atoms. The van der Waals surface area contributed by atoms with Gasteiger partial charge in [0, 0.05) is 37.7 Å². The van der Waals surface area contributed by atoms with Gasteiger partial charge in [-0.3, -0.25) is 4.99 Å². The molecule has 0 radical (unpaired) electrons. The van der Waals surface area contributed by atoms with Crippen LogP contribution < -0.4 is 5.32 Å². The number of hydrogen-bond acceptors (Lipinski definition) is 3. The summed E-state index contributed by atoms with van der Waals surface area (Å²) in [6.45, 7) is 7.91. The van der Waals surface area contributed by atoms with Gasteiger partial charge in [-0.25, -0.2) is 0 Å². The minimum atomic E-state index is 0.739. The van der Waals surface area contributed by atoms with Gasteiger partial charge >= 0.3 is 0 Å². The van der Waals surface area contributed by atoms with Crippen molar-refractivity contribution in [2.45, 2.75) is 25.5 Å².